The maximum Gasteiger partial charge on any atom is 0.239 e. The lowest BCUT2D eigenvalue weighted by Crippen LogP contribution is -2.17. The van der Waals surface area contributed by atoms with Crippen LogP contribution in [0.3, 0.4) is 0 Å². The zero-order valence-electron chi connectivity index (χ0n) is 10.8. The normalized spacial score (nSPS) is 15.9. The molecule has 0 aromatic carbocycles. The Balaban J connectivity index is 1.75. The van der Waals surface area contributed by atoms with Crippen molar-refractivity contribution in [1.82, 2.24) is 9.97 Å². The molecule has 18 heavy (non-hydrogen) atoms. The highest BCUT2D eigenvalue weighted by Crippen LogP contribution is 2.20. The molecule has 6 heteroatoms. The van der Waals surface area contributed by atoms with E-state index in [9.17, 15) is 0 Å². The number of aromatic nitrogens is 2. The maximum absolute atomic E-state index is 5.77. The molecule has 0 amide bonds. The highest BCUT2D eigenvalue weighted by molar-refractivity contribution is 5.45. The monoisotopic (exact) mass is 251 g/mol. The number of hydrazine groups is 1. The third-order valence-electron chi connectivity index (χ3n) is 3.15. The van der Waals surface area contributed by atoms with Crippen LogP contribution in [0, 0.1) is 6.92 Å². The number of nitrogens with one attached hydrogen (secondary N) is 2. The van der Waals surface area contributed by atoms with Gasteiger partial charge in [0.1, 0.15) is 5.82 Å². The summed E-state index contributed by atoms with van der Waals surface area (Å²) < 4.78 is 5.77. The van der Waals surface area contributed by atoms with Gasteiger partial charge in [-0.2, -0.15) is 4.98 Å². The molecule has 0 bridgehead atoms. The molecule has 1 saturated carbocycles. The van der Waals surface area contributed by atoms with Crippen LogP contribution in [0.15, 0.2) is 6.20 Å². The highest BCUT2D eigenvalue weighted by Gasteiger charge is 2.14. The molecule has 1 aromatic heterocycles. The van der Waals surface area contributed by atoms with Gasteiger partial charge in [-0.1, -0.05) is 12.8 Å². The van der Waals surface area contributed by atoms with Gasteiger partial charge in [0, 0.05) is 18.3 Å². The molecule has 0 unspecified atom stereocenters. The molecule has 1 heterocycles. The number of ether oxygens (including phenoxy) is 1. The van der Waals surface area contributed by atoms with E-state index in [1.165, 1.54) is 25.7 Å². The molecule has 0 spiro atoms. The number of rotatable bonds is 6. The van der Waals surface area contributed by atoms with Crippen molar-refractivity contribution in [2.24, 2.45) is 5.84 Å². The fraction of sp³-hybridized carbons (Fsp3) is 0.667. The number of hydrogen-bond acceptors (Lipinski definition) is 6. The Morgan fingerprint density at radius 1 is 1.44 bits per heavy atom. The lowest BCUT2D eigenvalue weighted by Gasteiger charge is -2.13. The molecular weight excluding hydrogens is 230 g/mol. The summed E-state index contributed by atoms with van der Waals surface area (Å²) in [6.45, 7) is 3.41. The fourth-order valence-corrected chi connectivity index (χ4v) is 2.14. The summed E-state index contributed by atoms with van der Waals surface area (Å²) >= 11 is 0. The van der Waals surface area contributed by atoms with Gasteiger partial charge in [0.15, 0.2) is 0 Å². The van der Waals surface area contributed by atoms with E-state index in [0.29, 0.717) is 18.7 Å². The molecule has 1 aliphatic carbocycles. The van der Waals surface area contributed by atoms with E-state index in [4.69, 9.17) is 10.6 Å². The van der Waals surface area contributed by atoms with Crippen molar-refractivity contribution in [1.29, 1.82) is 0 Å². The van der Waals surface area contributed by atoms with Crippen molar-refractivity contribution < 1.29 is 4.74 Å². The topological polar surface area (TPSA) is 85.1 Å². The Kier molecular flexibility index (Phi) is 4.72. The van der Waals surface area contributed by atoms with E-state index in [1.54, 1.807) is 6.20 Å². The molecule has 6 nitrogen and oxygen atoms in total. The largest absolute Gasteiger partial charge is 0.376 e. The van der Waals surface area contributed by atoms with Crippen LogP contribution in [-0.4, -0.2) is 29.2 Å². The second-order valence-corrected chi connectivity index (χ2v) is 4.57. The van der Waals surface area contributed by atoms with E-state index >= 15 is 0 Å². The predicted molar refractivity (Wildman–Crippen MR) is 71.3 cm³/mol. The molecule has 1 fully saturated rings. The summed E-state index contributed by atoms with van der Waals surface area (Å²) in [7, 11) is 0. The fourth-order valence-electron chi connectivity index (χ4n) is 2.14. The zero-order valence-corrected chi connectivity index (χ0v) is 10.8. The first kappa shape index (κ1) is 13.0. The lowest BCUT2D eigenvalue weighted by atomic mass is 10.3. The van der Waals surface area contributed by atoms with E-state index in [-0.39, 0.29) is 0 Å². The van der Waals surface area contributed by atoms with Gasteiger partial charge >= 0.3 is 0 Å². The minimum Gasteiger partial charge on any atom is -0.376 e. The third-order valence-corrected chi connectivity index (χ3v) is 3.15. The van der Waals surface area contributed by atoms with Gasteiger partial charge in [-0.15, -0.1) is 0 Å². The SMILES string of the molecule is Cc1cnc(NN)nc1NCCOC1CCCC1. The second-order valence-electron chi connectivity index (χ2n) is 4.57. The summed E-state index contributed by atoms with van der Waals surface area (Å²) in [5, 5.41) is 3.24. The van der Waals surface area contributed by atoms with E-state index in [1.807, 2.05) is 6.92 Å². The van der Waals surface area contributed by atoms with Gasteiger partial charge in [0.25, 0.3) is 0 Å². The van der Waals surface area contributed by atoms with E-state index in [0.717, 1.165) is 17.9 Å². The summed E-state index contributed by atoms with van der Waals surface area (Å²) in [5.74, 6) is 6.49. The van der Waals surface area contributed by atoms with Gasteiger partial charge in [0.2, 0.25) is 5.95 Å². The van der Waals surface area contributed by atoms with Gasteiger partial charge in [-0.25, -0.2) is 10.8 Å². The summed E-state index contributed by atoms with van der Waals surface area (Å²) in [6.07, 6.45) is 7.20. The van der Waals surface area contributed by atoms with Crippen molar-refractivity contribution in [2.75, 3.05) is 23.9 Å². The van der Waals surface area contributed by atoms with E-state index < -0.39 is 0 Å². The molecule has 1 aromatic rings. The molecule has 0 atom stereocenters. The number of nitrogen functional groups attached to an aromatic ring is 1. The lowest BCUT2D eigenvalue weighted by molar-refractivity contribution is 0.0658. The minimum atomic E-state index is 0.416. The van der Waals surface area contributed by atoms with Crippen LogP contribution in [-0.2, 0) is 4.74 Å². The standard InChI is InChI=1S/C12H21N5O/c1-9-8-15-12(17-13)16-11(9)14-6-7-18-10-4-2-3-5-10/h8,10H,2-7,13H2,1H3,(H2,14,15,16,17). The van der Waals surface area contributed by atoms with Crippen molar-refractivity contribution in [2.45, 2.75) is 38.7 Å². The number of nitrogens with zero attached hydrogens (tertiary/aromatic N) is 2. The van der Waals surface area contributed by atoms with Crippen LogP contribution in [0.25, 0.3) is 0 Å². The smallest absolute Gasteiger partial charge is 0.239 e. The molecule has 2 rings (SSSR count). The first-order valence-corrected chi connectivity index (χ1v) is 6.45. The Hall–Kier alpha value is -1.40. The van der Waals surface area contributed by atoms with Gasteiger partial charge in [-0.3, -0.25) is 5.43 Å². The summed E-state index contributed by atoms with van der Waals surface area (Å²) in [4.78, 5) is 8.28. The molecule has 0 aliphatic heterocycles. The van der Waals surface area contributed by atoms with E-state index in [2.05, 4.69) is 20.7 Å². The highest BCUT2D eigenvalue weighted by atomic mass is 16.5. The first-order valence-electron chi connectivity index (χ1n) is 6.45. The molecule has 0 saturated heterocycles. The Bertz CT molecular complexity index is 379. The van der Waals surface area contributed by atoms with Crippen LogP contribution in [0.4, 0.5) is 11.8 Å². The van der Waals surface area contributed by atoms with Crippen LogP contribution >= 0.6 is 0 Å². The Labute approximate surface area is 107 Å². The minimum absolute atomic E-state index is 0.416. The summed E-state index contributed by atoms with van der Waals surface area (Å²) in [6, 6.07) is 0. The van der Waals surface area contributed by atoms with Crippen LogP contribution in [0.1, 0.15) is 31.2 Å². The average Bonchev–Trinajstić information content (AvgIpc) is 2.89. The quantitative estimate of drug-likeness (QED) is 0.403. The molecule has 100 valence electrons. The van der Waals surface area contributed by atoms with Crippen LogP contribution in [0.2, 0.25) is 0 Å². The first-order chi connectivity index (χ1) is 8.79. The molecule has 1 aliphatic rings. The Morgan fingerprint density at radius 2 is 2.22 bits per heavy atom. The van der Waals surface area contributed by atoms with Crippen molar-refractivity contribution in [3.63, 3.8) is 0 Å². The van der Waals surface area contributed by atoms with Crippen molar-refractivity contribution in [3.8, 4) is 0 Å². The van der Waals surface area contributed by atoms with Crippen molar-refractivity contribution in [3.05, 3.63) is 11.8 Å². The van der Waals surface area contributed by atoms with Gasteiger partial charge in [-0.05, 0) is 19.8 Å². The number of nitrogens with two attached hydrogens (primary N) is 1. The number of anilines is 2. The molecule has 0 radical (unpaired) electrons. The van der Waals surface area contributed by atoms with Crippen LogP contribution in [0.5, 0.6) is 0 Å². The third kappa shape index (κ3) is 3.54. The predicted octanol–water partition coefficient (Wildman–Crippen LogP) is 1.44. The average molecular weight is 251 g/mol. The Morgan fingerprint density at radius 3 is 2.94 bits per heavy atom. The number of aryl methyl sites for hydroxylation is 1. The number of hydrogen-bond donors (Lipinski definition) is 3. The van der Waals surface area contributed by atoms with Crippen molar-refractivity contribution >= 4 is 11.8 Å². The van der Waals surface area contributed by atoms with Crippen LogP contribution < -0.4 is 16.6 Å². The summed E-state index contributed by atoms with van der Waals surface area (Å²) in [5.41, 5.74) is 3.43. The van der Waals surface area contributed by atoms with Gasteiger partial charge in [0.05, 0.1) is 12.7 Å². The second kappa shape index (κ2) is 6.51. The zero-order chi connectivity index (χ0) is 12.8. The maximum atomic E-state index is 5.77. The molecule has 4 N–H and O–H groups in total. The van der Waals surface area contributed by atoms with Gasteiger partial charge < -0.3 is 10.1 Å². The molecular formula is C12H21N5O.